The van der Waals surface area contributed by atoms with Gasteiger partial charge in [0, 0.05) is 12.1 Å². The number of hydrogen-bond donors (Lipinski definition) is 1. The molecule has 82 valence electrons. The largest absolute Gasteiger partial charge is 0.453 e. The van der Waals surface area contributed by atoms with Gasteiger partial charge in [-0.2, -0.15) is 0 Å². The summed E-state index contributed by atoms with van der Waals surface area (Å²) in [5.74, 6) is 1.08. The Hall–Kier alpha value is -1.87. The van der Waals surface area contributed by atoms with E-state index in [0.717, 1.165) is 17.9 Å². The highest BCUT2D eigenvalue weighted by Crippen LogP contribution is 2.22. The van der Waals surface area contributed by atoms with Crippen molar-refractivity contribution in [3.8, 4) is 11.3 Å². The van der Waals surface area contributed by atoms with Crippen LogP contribution in [-0.4, -0.2) is 13.3 Å². The lowest BCUT2D eigenvalue weighted by Gasteiger charge is -2.02. The van der Waals surface area contributed by atoms with Gasteiger partial charge in [0.1, 0.15) is 5.76 Å². The molecule has 1 heterocycles. The molecule has 1 aromatic heterocycles. The molecule has 0 aliphatic rings. The Bertz CT molecular complexity index is 488. The van der Waals surface area contributed by atoms with Crippen molar-refractivity contribution in [1.82, 2.24) is 5.32 Å². The third-order valence-electron chi connectivity index (χ3n) is 2.34. The normalized spacial score (nSPS) is 10.3. The van der Waals surface area contributed by atoms with Gasteiger partial charge in [-0.1, -0.05) is 18.2 Å². The fourth-order valence-electron chi connectivity index (χ4n) is 1.61. The number of aldehydes is 1. The lowest BCUT2D eigenvalue weighted by molar-refractivity contribution is 0.110. The van der Waals surface area contributed by atoms with Crippen molar-refractivity contribution in [2.24, 2.45) is 0 Å². The fraction of sp³-hybridized carbons (Fsp3) is 0.154. The van der Waals surface area contributed by atoms with E-state index >= 15 is 0 Å². The van der Waals surface area contributed by atoms with Gasteiger partial charge >= 0.3 is 0 Å². The number of furan rings is 1. The second kappa shape index (κ2) is 4.77. The lowest BCUT2D eigenvalue weighted by Crippen LogP contribution is -2.04. The fourth-order valence-corrected chi connectivity index (χ4v) is 1.61. The van der Waals surface area contributed by atoms with Gasteiger partial charge in [0.25, 0.3) is 0 Å². The molecule has 16 heavy (non-hydrogen) atoms. The van der Waals surface area contributed by atoms with Crippen LogP contribution in [0.2, 0.25) is 0 Å². The van der Waals surface area contributed by atoms with Crippen molar-refractivity contribution in [2.75, 3.05) is 7.05 Å². The van der Waals surface area contributed by atoms with Crippen molar-refractivity contribution < 1.29 is 9.21 Å². The Morgan fingerprint density at radius 2 is 2.19 bits per heavy atom. The monoisotopic (exact) mass is 215 g/mol. The van der Waals surface area contributed by atoms with Gasteiger partial charge in [-0.15, -0.1) is 0 Å². The van der Waals surface area contributed by atoms with Crippen molar-refractivity contribution in [3.63, 3.8) is 0 Å². The second-order valence-electron chi connectivity index (χ2n) is 3.55. The second-order valence-corrected chi connectivity index (χ2v) is 3.55. The van der Waals surface area contributed by atoms with E-state index in [2.05, 4.69) is 5.32 Å². The molecule has 0 spiro atoms. The van der Waals surface area contributed by atoms with E-state index in [0.29, 0.717) is 12.0 Å². The maximum Gasteiger partial charge on any atom is 0.185 e. The standard InChI is InChI=1S/C13H13NO2/c1-14-8-10-3-2-4-11(7-10)13-6-5-12(9-15)16-13/h2-7,9,14H,8H2,1H3. The molecule has 0 unspecified atom stereocenters. The zero-order valence-corrected chi connectivity index (χ0v) is 9.07. The van der Waals surface area contributed by atoms with Crippen LogP contribution in [0.3, 0.4) is 0 Å². The molecule has 0 aliphatic carbocycles. The molecule has 0 saturated carbocycles. The molecule has 0 atom stereocenters. The minimum Gasteiger partial charge on any atom is -0.453 e. The van der Waals surface area contributed by atoms with E-state index in [4.69, 9.17) is 4.42 Å². The first-order valence-corrected chi connectivity index (χ1v) is 5.12. The molecule has 0 bridgehead atoms. The average molecular weight is 215 g/mol. The zero-order chi connectivity index (χ0) is 11.4. The van der Waals surface area contributed by atoms with Crippen molar-refractivity contribution >= 4 is 6.29 Å². The Balaban J connectivity index is 2.32. The van der Waals surface area contributed by atoms with E-state index in [1.807, 2.05) is 37.4 Å². The number of rotatable bonds is 4. The molecule has 0 amide bonds. The van der Waals surface area contributed by atoms with Gasteiger partial charge in [-0.25, -0.2) is 0 Å². The van der Waals surface area contributed by atoms with Crippen molar-refractivity contribution in [3.05, 3.63) is 47.7 Å². The summed E-state index contributed by atoms with van der Waals surface area (Å²) in [5.41, 5.74) is 2.17. The molecule has 2 rings (SSSR count). The zero-order valence-electron chi connectivity index (χ0n) is 9.07. The summed E-state index contributed by atoms with van der Waals surface area (Å²) < 4.78 is 5.36. The average Bonchev–Trinajstić information content (AvgIpc) is 2.78. The minimum atomic E-state index is 0.356. The van der Waals surface area contributed by atoms with Crippen LogP contribution in [0, 0.1) is 0 Å². The highest BCUT2D eigenvalue weighted by atomic mass is 16.3. The predicted octanol–water partition coefficient (Wildman–Crippen LogP) is 2.48. The van der Waals surface area contributed by atoms with E-state index < -0.39 is 0 Å². The molecular weight excluding hydrogens is 202 g/mol. The first-order chi connectivity index (χ1) is 7.83. The maximum absolute atomic E-state index is 10.5. The highest BCUT2D eigenvalue weighted by Gasteiger charge is 2.04. The number of nitrogens with one attached hydrogen (secondary N) is 1. The predicted molar refractivity (Wildman–Crippen MR) is 62.3 cm³/mol. The third kappa shape index (κ3) is 2.20. The van der Waals surface area contributed by atoms with Crippen LogP contribution in [0.1, 0.15) is 16.1 Å². The van der Waals surface area contributed by atoms with Crippen LogP contribution in [0.5, 0.6) is 0 Å². The first kappa shape index (κ1) is 10.6. The number of hydrogen-bond acceptors (Lipinski definition) is 3. The number of carbonyl (C=O) groups excluding carboxylic acids is 1. The Morgan fingerprint density at radius 3 is 2.88 bits per heavy atom. The maximum atomic E-state index is 10.5. The highest BCUT2D eigenvalue weighted by molar-refractivity contribution is 5.72. The van der Waals surface area contributed by atoms with Crippen molar-refractivity contribution in [1.29, 1.82) is 0 Å². The van der Waals surface area contributed by atoms with Gasteiger partial charge in [-0.05, 0) is 30.8 Å². The Labute approximate surface area is 94.1 Å². The third-order valence-corrected chi connectivity index (χ3v) is 2.34. The molecule has 0 aliphatic heterocycles. The molecule has 3 heteroatoms. The molecule has 0 radical (unpaired) electrons. The first-order valence-electron chi connectivity index (χ1n) is 5.12. The number of carbonyl (C=O) groups is 1. The molecule has 1 aromatic carbocycles. The van der Waals surface area contributed by atoms with Crippen LogP contribution >= 0.6 is 0 Å². The van der Waals surface area contributed by atoms with Gasteiger partial charge in [-0.3, -0.25) is 4.79 Å². The lowest BCUT2D eigenvalue weighted by atomic mass is 10.1. The van der Waals surface area contributed by atoms with E-state index in [1.165, 1.54) is 5.56 Å². The SMILES string of the molecule is CNCc1cccc(-c2ccc(C=O)o2)c1. The summed E-state index contributed by atoms with van der Waals surface area (Å²) in [6, 6.07) is 11.5. The summed E-state index contributed by atoms with van der Waals surface area (Å²) in [6.07, 6.45) is 0.709. The molecule has 0 fully saturated rings. The van der Waals surface area contributed by atoms with Crippen LogP contribution in [0.4, 0.5) is 0 Å². The summed E-state index contributed by atoms with van der Waals surface area (Å²) >= 11 is 0. The summed E-state index contributed by atoms with van der Waals surface area (Å²) in [7, 11) is 1.91. The van der Waals surface area contributed by atoms with Crippen LogP contribution < -0.4 is 5.32 Å². The van der Waals surface area contributed by atoms with Gasteiger partial charge < -0.3 is 9.73 Å². The van der Waals surface area contributed by atoms with E-state index in [9.17, 15) is 4.79 Å². The number of benzene rings is 1. The molecule has 1 N–H and O–H groups in total. The molecule has 0 saturated heterocycles. The Morgan fingerprint density at radius 1 is 1.31 bits per heavy atom. The minimum absolute atomic E-state index is 0.356. The molecular formula is C13H13NO2. The smallest absolute Gasteiger partial charge is 0.185 e. The Kier molecular flexibility index (Phi) is 3.17. The van der Waals surface area contributed by atoms with Gasteiger partial charge in [0.15, 0.2) is 12.0 Å². The van der Waals surface area contributed by atoms with Crippen LogP contribution in [0.25, 0.3) is 11.3 Å². The summed E-state index contributed by atoms with van der Waals surface area (Å²) in [4.78, 5) is 10.5. The van der Waals surface area contributed by atoms with Crippen molar-refractivity contribution in [2.45, 2.75) is 6.54 Å². The summed E-state index contributed by atoms with van der Waals surface area (Å²) in [5, 5.41) is 3.09. The van der Waals surface area contributed by atoms with Crippen LogP contribution in [0.15, 0.2) is 40.8 Å². The van der Waals surface area contributed by atoms with E-state index in [1.54, 1.807) is 6.07 Å². The van der Waals surface area contributed by atoms with Gasteiger partial charge in [0.2, 0.25) is 0 Å². The van der Waals surface area contributed by atoms with Gasteiger partial charge in [0.05, 0.1) is 0 Å². The molecule has 3 nitrogen and oxygen atoms in total. The van der Waals surface area contributed by atoms with Crippen LogP contribution in [-0.2, 0) is 6.54 Å². The molecule has 2 aromatic rings. The quantitative estimate of drug-likeness (QED) is 0.797. The summed E-state index contributed by atoms with van der Waals surface area (Å²) in [6.45, 7) is 0.815. The topological polar surface area (TPSA) is 42.2 Å². The van der Waals surface area contributed by atoms with E-state index in [-0.39, 0.29) is 0 Å².